The average Bonchev–Trinajstić information content (AvgIpc) is 2.09. The molecule has 0 aliphatic carbocycles. The van der Waals surface area contributed by atoms with Gasteiger partial charge in [-0.15, -0.1) is 0 Å². The van der Waals surface area contributed by atoms with Crippen molar-refractivity contribution in [3.63, 3.8) is 0 Å². The number of benzene rings is 1. The van der Waals surface area contributed by atoms with Gasteiger partial charge < -0.3 is 5.73 Å². The van der Waals surface area contributed by atoms with Crippen LogP contribution < -0.4 is 5.73 Å². The number of nitrogen functional groups attached to an aromatic ring is 1. The molecule has 0 aromatic heterocycles. The van der Waals surface area contributed by atoms with E-state index >= 15 is 0 Å². The largest absolute Gasteiger partial charge is 0.399 e. The van der Waals surface area contributed by atoms with Crippen molar-refractivity contribution in [1.82, 2.24) is 0 Å². The van der Waals surface area contributed by atoms with Gasteiger partial charge in [-0.2, -0.15) is 0 Å². The molecule has 0 fully saturated rings. The number of hydrogen-bond acceptors (Lipinski definition) is 1. The smallest absolute Gasteiger partial charge is 0.0314 e. The van der Waals surface area contributed by atoms with Crippen LogP contribution in [0, 0.1) is 5.92 Å². The molecule has 0 saturated heterocycles. The van der Waals surface area contributed by atoms with Crippen molar-refractivity contribution in [3.8, 4) is 0 Å². The second-order valence-corrected chi connectivity index (χ2v) is 3.46. The SMILES string of the molecule is CC[C@H](C)Cc1ccc(N)cc1. The monoisotopic (exact) mass is 163 g/mol. The summed E-state index contributed by atoms with van der Waals surface area (Å²) in [6.07, 6.45) is 2.40. The van der Waals surface area contributed by atoms with E-state index in [1.54, 1.807) is 0 Å². The minimum atomic E-state index is 0.772. The highest BCUT2D eigenvalue weighted by Gasteiger charge is 1.99. The third-order valence-electron chi connectivity index (χ3n) is 2.26. The summed E-state index contributed by atoms with van der Waals surface area (Å²) in [5.74, 6) is 0.772. The Hall–Kier alpha value is -0.980. The van der Waals surface area contributed by atoms with Gasteiger partial charge in [0, 0.05) is 5.69 Å². The van der Waals surface area contributed by atoms with Gasteiger partial charge in [0.25, 0.3) is 0 Å². The zero-order valence-electron chi connectivity index (χ0n) is 7.88. The van der Waals surface area contributed by atoms with Crippen molar-refractivity contribution in [2.24, 2.45) is 5.92 Å². The quantitative estimate of drug-likeness (QED) is 0.681. The van der Waals surface area contributed by atoms with Gasteiger partial charge in [-0.1, -0.05) is 32.4 Å². The maximum Gasteiger partial charge on any atom is 0.0314 e. The fourth-order valence-corrected chi connectivity index (χ4v) is 1.20. The molecule has 0 unspecified atom stereocenters. The van der Waals surface area contributed by atoms with Gasteiger partial charge in [0.2, 0.25) is 0 Å². The first-order valence-electron chi connectivity index (χ1n) is 4.56. The molecule has 1 nitrogen and oxygen atoms in total. The second-order valence-electron chi connectivity index (χ2n) is 3.46. The van der Waals surface area contributed by atoms with Crippen LogP contribution in [0.5, 0.6) is 0 Å². The maximum atomic E-state index is 5.59. The standard InChI is InChI=1S/C11H17N/c1-3-9(2)8-10-4-6-11(12)7-5-10/h4-7,9H,3,8,12H2,1-2H3/t9-/m0/s1. The van der Waals surface area contributed by atoms with Crippen molar-refractivity contribution in [1.29, 1.82) is 0 Å². The van der Waals surface area contributed by atoms with Gasteiger partial charge in [0.05, 0.1) is 0 Å². The van der Waals surface area contributed by atoms with Crippen LogP contribution >= 0.6 is 0 Å². The van der Waals surface area contributed by atoms with E-state index in [9.17, 15) is 0 Å². The van der Waals surface area contributed by atoms with E-state index in [1.165, 1.54) is 12.0 Å². The van der Waals surface area contributed by atoms with E-state index < -0.39 is 0 Å². The van der Waals surface area contributed by atoms with Gasteiger partial charge >= 0.3 is 0 Å². The Kier molecular flexibility index (Phi) is 3.15. The van der Waals surface area contributed by atoms with Crippen LogP contribution in [-0.2, 0) is 6.42 Å². The van der Waals surface area contributed by atoms with E-state index in [1.807, 2.05) is 12.1 Å². The number of rotatable bonds is 3. The first-order chi connectivity index (χ1) is 5.72. The Balaban J connectivity index is 2.58. The van der Waals surface area contributed by atoms with E-state index in [4.69, 9.17) is 5.73 Å². The molecule has 1 atom stereocenters. The zero-order valence-corrected chi connectivity index (χ0v) is 7.88. The summed E-state index contributed by atoms with van der Waals surface area (Å²) >= 11 is 0. The Morgan fingerprint density at radius 2 is 1.83 bits per heavy atom. The number of hydrogen-bond donors (Lipinski definition) is 1. The molecule has 2 N–H and O–H groups in total. The molecule has 0 aliphatic heterocycles. The Bertz CT molecular complexity index is 225. The summed E-state index contributed by atoms with van der Waals surface area (Å²) in [6.45, 7) is 4.50. The van der Waals surface area contributed by atoms with Crippen LogP contribution in [-0.4, -0.2) is 0 Å². The van der Waals surface area contributed by atoms with E-state index in [0.29, 0.717) is 0 Å². The summed E-state index contributed by atoms with van der Waals surface area (Å²) < 4.78 is 0. The van der Waals surface area contributed by atoms with E-state index in [0.717, 1.165) is 18.0 Å². The van der Waals surface area contributed by atoms with Gasteiger partial charge in [0.1, 0.15) is 0 Å². The lowest BCUT2D eigenvalue weighted by molar-refractivity contribution is 0.560. The summed E-state index contributed by atoms with van der Waals surface area (Å²) in [4.78, 5) is 0. The van der Waals surface area contributed by atoms with Crippen molar-refractivity contribution >= 4 is 5.69 Å². The molecule has 0 bridgehead atoms. The molecular formula is C11H17N. The molecule has 0 saturated carbocycles. The van der Waals surface area contributed by atoms with Gasteiger partial charge in [-0.25, -0.2) is 0 Å². The molecular weight excluding hydrogens is 146 g/mol. The topological polar surface area (TPSA) is 26.0 Å². The molecule has 0 spiro atoms. The van der Waals surface area contributed by atoms with Gasteiger partial charge in [0.15, 0.2) is 0 Å². The highest BCUT2D eigenvalue weighted by molar-refractivity contribution is 5.39. The van der Waals surface area contributed by atoms with Crippen LogP contribution in [0.1, 0.15) is 25.8 Å². The highest BCUT2D eigenvalue weighted by atomic mass is 14.5. The predicted octanol–water partition coefficient (Wildman–Crippen LogP) is 2.86. The third kappa shape index (κ3) is 2.57. The molecule has 0 amide bonds. The maximum absolute atomic E-state index is 5.59. The fourth-order valence-electron chi connectivity index (χ4n) is 1.20. The van der Waals surface area contributed by atoms with Crippen molar-refractivity contribution < 1.29 is 0 Å². The summed E-state index contributed by atoms with van der Waals surface area (Å²) in [7, 11) is 0. The molecule has 1 rings (SSSR count). The molecule has 12 heavy (non-hydrogen) atoms. The lowest BCUT2D eigenvalue weighted by Crippen LogP contribution is -1.97. The molecule has 66 valence electrons. The van der Waals surface area contributed by atoms with Crippen molar-refractivity contribution in [3.05, 3.63) is 29.8 Å². The zero-order chi connectivity index (χ0) is 8.97. The van der Waals surface area contributed by atoms with Crippen LogP contribution in [0.15, 0.2) is 24.3 Å². The molecule has 1 heteroatoms. The van der Waals surface area contributed by atoms with E-state index in [2.05, 4.69) is 26.0 Å². The number of anilines is 1. The summed E-state index contributed by atoms with van der Waals surface area (Å²) in [5, 5.41) is 0. The molecule has 0 radical (unpaired) electrons. The van der Waals surface area contributed by atoms with Gasteiger partial charge in [-0.3, -0.25) is 0 Å². The lowest BCUT2D eigenvalue weighted by Gasteiger charge is -2.07. The average molecular weight is 163 g/mol. The van der Waals surface area contributed by atoms with Gasteiger partial charge in [-0.05, 0) is 30.0 Å². The molecule has 0 heterocycles. The van der Waals surface area contributed by atoms with Crippen LogP contribution in [0.2, 0.25) is 0 Å². The first kappa shape index (κ1) is 9.11. The molecule has 1 aromatic carbocycles. The third-order valence-corrected chi connectivity index (χ3v) is 2.26. The Labute approximate surface area is 74.6 Å². The second kappa shape index (κ2) is 4.15. The minimum absolute atomic E-state index is 0.772. The van der Waals surface area contributed by atoms with Crippen molar-refractivity contribution in [2.75, 3.05) is 5.73 Å². The highest BCUT2D eigenvalue weighted by Crippen LogP contribution is 2.12. The Morgan fingerprint density at radius 1 is 1.25 bits per heavy atom. The predicted molar refractivity (Wildman–Crippen MR) is 54.0 cm³/mol. The molecule has 1 aromatic rings. The van der Waals surface area contributed by atoms with Crippen molar-refractivity contribution in [2.45, 2.75) is 26.7 Å². The lowest BCUT2D eigenvalue weighted by atomic mass is 9.99. The van der Waals surface area contributed by atoms with Crippen LogP contribution in [0.25, 0.3) is 0 Å². The Morgan fingerprint density at radius 3 is 2.33 bits per heavy atom. The fraction of sp³-hybridized carbons (Fsp3) is 0.455. The normalized spacial score (nSPS) is 12.8. The van der Waals surface area contributed by atoms with E-state index in [-0.39, 0.29) is 0 Å². The minimum Gasteiger partial charge on any atom is -0.399 e. The van der Waals surface area contributed by atoms with Crippen LogP contribution in [0.3, 0.4) is 0 Å². The summed E-state index contributed by atoms with van der Waals surface area (Å²) in [6, 6.07) is 8.17. The summed E-state index contributed by atoms with van der Waals surface area (Å²) in [5.41, 5.74) is 7.83. The first-order valence-corrected chi connectivity index (χ1v) is 4.56. The van der Waals surface area contributed by atoms with Crippen LogP contribution in [0.4, 0.5) is 5.69 Å². The number of nitrogens with two attached hydrogens (primary N) is 1. The molecule has 0 aliphatic rings.